The predicted octanol–water partition coefficient (Wildman–Crippen LogP) is 1.42. The second-order valence-corrected chi connectivity index (χ2v) is 5.36. The van der Waals surface area contributed by atoms with Crippen molar-refractivity contribution in [2.24, 2.45) is 5.73 Å². The Morgan fingerprint density at radius 2 is 2.09 bits per heavy atom. The van der Waals surface area contributed by atoms with E-state index in [9.17, 15) is 4.79 Å². The molecule has 0 unspecified atom stereocenters. The molecular weight excluding hydrogens is 316 g/mol. The van der Waals surface area contributed by atoms with Crippen molar-refractivity contribution in [3.05, 3.63) is 48.3 Å². The van der Waals surface area contributed by atoms with E-state index in [1.165, 1.54) is 0 Å². The molecule has 1 aromatic heterocycles. The normalized spacial score (nSPS) is 20.0. The summed E-state index contributed by atoms with van der Waals surface area (Å²) < 4.78 is 7.36. The predicted molar refractivity (Wildman–Crippen MR) is 89.6 cm³/mol. The Morgan fingerprint density at radius 1 is 1.30 bits per heavy atom. The number of nitrogens with one attached hydrogen (secondary N) is 1. The number of nitrogens with two attached hydrogens (primary N) is 1. The highest BCUT2D eigenvalue weighted by atomic mass is 35.5. The maximum absolute atomic E-state index is 12.0. The number of para-hydroxylation sites is 1. The Balaban J connectivity index is 0.00000192. The number of hydrogen-bond donors (Lipinski definition) is 2. The number of nitrogens with zero attached hydrogens (tertiary/aromatic N) is 2. The summed E-state index contributed by atoms with van der Waals surface area (Å²) in [5.41, 5.74) is 7.35. The first kappa shape index (κ1) is 17.5. The van der Waals surface area contributed by atoms with Gasteiger partial charge in [-0.25, -0.2) is 4.68 Å². The average Bonchev–Trinajstić information content (AvgIpc) is 3.22. The van der Waals surface area contributed by atoms with Crippen molar-refractivity contribution in [1.29, 1.82) is 0 Å². The number of amides is 1. The van der Waals surface area contributed by atoms with Gasteiger partial charge in [-0.15, -0.1) is 12.4 Å². The zero-order valence-corrected chi connectivity index (χ0v) is 13.5. The molecule has 1 aliphatic rings. The van der Waals surface area contributed by atoms with E-state index in [0.29, 0.717) is 13.1 Å². The van der Waals surface area contributed by atoms with Crippen molar-refractivity contribution < 1.29 is 9.53 Å². The first-order chi connectivity index (χ1) is 10.8. The molecule has 2 heterocycles. The van der Waals surface area contributed by atoms with Gasteiger partial charge in [0, 0.05) is 12.7 Å². The molecule has 1 saturated heterocycles. The van der Waals surface area contributed by atoms with Gasteiger partial charge >= 0.3 is 0 Å². The number of carbonyl (C=O) groups is 1. The molecule has 124 valence electrons. The molecule has 0 radical (unpaired) electrons. The van der Waals surface area contributed by atoms with E-state index >= 15 is 0 Å². The highest BCUT2D eigenvalue weighted by molar-refractivity contribution is 5.85. The third-order valence-electron chi connectivity index (χ3n) is 3.77. The summed E-state index contributed by atoms with van der Waals surface area (Å²) in [5, 5.41) is 7.32. The lowest BCUT2D eigenvalue weighted by molar-refractivity contribution is -0.132. The number of benzene rings is 1. The SMILES string of the molecule is Cl.NC[C@H]1CC[C@@H](C(=O)NCc2ccn(-c3ccccc3)n2)O1. The minimum atomic E-state index is -0.384. The van der Waals surface area contributed by atoms with E-state index in [0.717, 1.165) is 24.2 Å². The maximum atomic E-state index is 12.0. The van der Waals surface area contributed by atoms with E-state index in [1.54, 1.807) is 4.68 Å². The van der Waals surface area contributed by atoms with Gasteiger partial charge in [0.15, 0.2) is 0 Å². The number of hydrogen-bond acceptors (Lipinski definition) is 4. The van der Waals surface area contributed by atoms with E-state index in [4.69, 9.17) is 10.5 Å². The molecule has 6 nitrogen and oxygen atoms in total. The van der Waals surface area contributed by atoms with Crippen molar-refractivity contribution in [3.8, 4) is 5.69 Å². The van der Waals surface area contributed by atoms with Crippen LogP contribution >= 0.6 is 12.4 Å². The van der Waals surface area contributed by atoms with E-state index in [-0.39, 0.29) is 30.5 Å². The molecule has 3 rings (SSSR count). The number of halogens is 1. The lowest BCUT2D eigenvalue weighted by Crippen LogP contribution is -2.35. The number of rotatable bonds is 5. The number of aromatic nitrogens is 2. The molecule has 1 aromatic carbocycles. The fourth-order valence-electron chi connectivity index (χ4n) is 2.54. The maximum Gasteiger partial charge on any atom is 0.249 e. The van der Waals surface area contributed by atoms with Crippen molar-refractivity contribution in [2.75, 3.05) is 6.54 Å². The molecule has 7 heteroatoms. The molecule has 0 spiro atoms. The summed E-state index contributed by atoms with van der Waals surface area (Å²) in [6.45, 7) is 0.858. The first-order valence-corrected chi connectivity index (χ1v) is 7.49. The van der Waals surface area contributed by atoms with E-state index in [1.807, 2.05) is 42.6 Å². The summed E-state index contributed by atoms with van der Waals surface area (Å²) in [4.78, 5) is 12.0. The van der Waals surface area contributed by atoms with Gasteiger partial charge < -0.3 is 15.8 Å². The molecule has 3 N–H and O–H groups in total. The second-order valence-electron chi connectivity index (χ2n) is 5.36. The van der Waals surface area contributed by atoms with Crippen LogP contribution in [0.3, 0.4) is 0 Å². The summed E-state index contributed by atoms with van der Waals surface area (Å²) >= 11 is 0. The number of carbonyl (C=O) groups excluding carboxylic acids is 1. The Bertz CT molecular complexity index is 632. The fourth-order valence-corrected chi connectivity index (χ4v) is 2.54. The van der Waals surface area contributed by atoms with Gasteiger partial charge in [0.25, 0.3) is 0 Å². The Hall–Kier alpha value is -1.89. The summed E-state index contributed by atoms with van der Waals surface area (Å²) in [6.07, 6.45) is 3.08. The zero-order chi connectivity index (χ0) is 15.4. The lowest BCUT2D eigenvalue weighted by Gasteiger charge is -2.11. The molecular formula is C16H21ClN4O2. The van der Waals surface area contributed by atoms with Crippen LogP contribution in [0.4, 0.5) is 0 Å². The Morgan fingerprint density at radius 3 is 2.78 bits per heavy atom. The Labute approximate surface area is 141 Å². The second kappa shape index (κ2) is 8.10. The third-order valence-corrected chi connectivity index (χ3v) is 3.77. The van der Waals surface area contributed by atoms with E-state index in [2.05, 4.69) is 10.4 Å². The Kier molecular flexibility index (Phi) is 6.15. The van der Waals surface area contributed by atoms with E-state index < -0.39 is 0 Å². The third kappa shape index (κ3) is 4.31. The zero-order valence-electron chi connectivity index (χ0n) is 12.7. The molecule has 0 saturated carbocycles. The summed E-state index contributed by atoms with van der Waals surface area (Å²) in [5.74, 6) is -0.0924. The fraction of sp³-hybridized carbons (Fsp3) is 0.375. The quantitative estimate of drug-likeness (QED) is 0.865. The molecule has 1 aliphatic heterocycles. The van der Waals surface area contributed by atoms with Crippen LogP contribution in [0.25, 0.3) is 5.69 Å². The molecule has 0 bridgehead atoms. The average molecular weight is 337 g/mol. The van der Waals surface area contributed by atoms with Gasteiger partial charge in [-0.2, -0.15) is 5.10 Å². The molecule has 1 fully saturated rings. The smallest absolute Gasteiger partial charge is 0.249 e. The van der Waals surface area contributed by atoms with Crippen LogP contribution in [-0.2, 0) is 16.1 Å². The summed E-state index contributed by atoms with van der Waals surface area (Å²) in [6, 6.07) is 11.7. The minimum absolute atomic E-state index is 0. The lowest BCUT2D eigenvalue weighted by atomic mass is 10.2. The largest absolute Gasteiger partial charge is 0.364 e. The minimum Gasteiger partial charge on any atom is -0.364 e. The molecule has 2 atom stereocenters. The van der Waals surface area contributed by atoms with Gasteiger partial charge in [-0.05, 0) is 31.0 Å². The van der Waals surface area contributed by atoms with Crippen LogP contribution in [0.1, 0.15) is 18.5 Å². The standard InChI is InChI=1S/C16H20N4O2.ClH/c17-10-14-6-7-15(22-14)16(21)18-11-12-8-9-20(19-12)13-4-2-1-3-5-13;/h1-5,8-9,14-15H,6-7,10-11,17H2,(H,18,21);1H/t14-,15+;/m1./s1. The van der Waals surface area contributed by atoms with Crippen LogP contribution in [0, 0.1) is 0 Å². The molecule has 23 heavy (non-hydrogen) atoms. The van der Waals surface area contributed by atoms with Crippen LogP contribution in [0.2, 0.25) is 0 Å². The number of ether oxygens (including phenoxy) is 1. The van der Waals surface area contributed by atoms with Crippen LogP contribution in [0.5, 0.6) is 0 Å². The molecule has 2 aromatic rings. The van der Waals surface area contributed by atoms with Crippen LogP contribution in [-0.4, -0.2) is 34.4 Å². The van der Waals surface area contributed by atoms with Crippen molar-refractivity contribution in [2.45, 2.75) is 31.6 Å². The summed E-state index contributed by atoms with van der Waals surface area (Å²) in [7, 11) is 0. The van der Waals surface area contributed by atoms with Gasteiger partial charge in [0.2, 0.25) is 5.91 Å². The topological polar surface area (TPSA) is 82.2 Å². The van der Waals surface area contributed by atoms with Gasteiger partial charge in [0.05, 0.1) is 24.0 Å². The molecule has 0 aliphatic carbocycles. The van der Waals surface area contributed by atoms with Crippen LogP contribution in [0.15, 0.2) is 42.6 Å². The highest BCUT2D eigenvalue weighted by Crippen LogP contribution is 2.18. The van der Waals surface area contributed by atoms with Crippen LogP contribution < -0.4 is 11.1 Å². The van der Waals surface area contributed by atoms with Crippen molar-refractivity contribution in [3.63, 3.8) is 0 Å². The highest BCUT2D eigenvalue weighted by Gasteiger charge is 2.29. The van der Waals surface area contributed by atoms with Gasteiger partial charge in [-0.1, -0.05) is 18.2 Å². The molecule has 1 amide bonds. The van der Waals surface area contributed by atoms with Gasteiger partial charge in [0.1, 0.15) is 6.10 Å². The first-order valence-electron chi connectivity index (χ1n) is 7.49. The monoisotopic (exact) mass is 336 g/mol. The van der Waals surface area contributed by atoms with Crippen molar-refractivity contribution >= 4 is 18.3 Å². The van der Waals surface area contributed by atoms with Crippen molar-refractivity contribution in [1.82, 2.24) is 15.1 Å². The van der Waals surface area contributed by atoms with Gasteiger partial charge in [-0.3, -0.25) is 4.79 Å².